The first-order valence-corrected chi connectivity index (χ1v) is 7.65. The van der Waals surface area contributed by atoms with E-state index in [1.807, 2.05) is 0 Å². The third kappa shape index (κ3) is 3.80. The molecule has 1 aliphatic heterocycles. The summed E-state index contributed by atoms with van der Waals surface area (Å²) in [6, 6.07) is 3.57. The molecule has 138 valence electrons. The second kappa shape index (κ2) is 6.71. The van der Waals surface area contributed by atoms with Crippen LogP contribution in [0.3, 0.4) is 0 Å². The lowest BCUT2D eigenvalue weighted by Crippen LogP contribution is -2.37. The lowest BCUT2D eigenvalue weighted by molar-refractivity contribution is 0.0138. The minimum atomic E-state index is -3.29. The van der Waals surface area contributed by atoms with Crippen molar-refractivity contribution in [2.24, 2.45) is 0 Å². The number of hydrogen-bond donors (Lipinski definition) is 3. The number of nitrogens with zero attached hydrogens (tertiary/aromatic N) is 3. The van der Waals surface area contributed by atoms with Gasteiger partial charge in [0.05, 0.1) is 16.9 Å². The summed E-state index contributed by atoms with van der Waals surface area (Å²) in [5, 5.41) is 1.43. The van der Waals surface area contributed by atoms with E-state index in [1.165, 1.54) is 11.1 Å². The molecule has 0 fully saturated rings. The molecule has 2 aromatic rings. The van der Waals surface area contributed by atoms with E-state index < -0.39 is 17.3 Å². The molecule has 0 atom stereocenters. The highest BCUT2D eigenvalue weighted by Gasteiger charge is 2.29. The normalized spacial score (nSPS) is 14.2. The smallest absolute Gasteiger partial charge is 0.318 e. The number of halogens is 3. The van der Waals surface area contributed by atoms with E-state index in [0.717, 1.165) is 17.7 Å². The first kappa shape index (κ1) is 17.8. The van der Waals surface area contributed by atoms with Gasteiger partial charge in [0, 0.05) is 24.9 Å². The van der Waals surface area contributed by atoms with Crippen LogP contribution in [0.2, 0.25) is 0 Å². The molecule has 1 aromatic heterocycles. The topological polar surface area (TPSA) is 88.3 Å². The van der Waals surface area contributed by atoms with Gasteiger partial charge >= 0.3 is 6.01 Å². The van der Waals surface area contributed by atoms with E-state index in [2.05, 4.69) is 20.9 Å². The number of rotatable bonds is 5. The standard InChI is InChI=1S/C16H17F3N6O/c1-9-6-21-15(22-14(9)20)26-8-10-7-25(24-23-10)11-3-4-13(17)12(5-11)16(2,18)19/h3-7,23-24H,8H2,1-2H3,(H2,20,21,22). The van der Waals surface area contributed by atoms with Crippen LogP contribution in [-0.4, -0.2) is 16.6 Å². The first-order valence-electron chi connectivity index (χ1n) is 7.65. The number of ether oxygens (including phenoxy) is 1. The molecule has 0 amide bonds. The fourth-order valence-corrected chi connectivity index (χ4v) is 2.21. The Kier molecular flexibility index (Phi) is 4.60. The first-order chi connectivity index (χ1) is 12.2. The molecule has 7 nitrogen and oxygen atoms in total. The third-order valence-electron chi connectivity index (χ3n) is 3.67. The Morgan fingerprint density at radius 1 is 1.35 bits per heavy atom. The molecule has 0 saturated heterocycles. The molecule has 0 aliphatic carbocycles. The molecular weight excluding hydrogens is 349 g/mol. The highest BCUT2D eigenvalue weighted by Crippen LogP contribution is 2.32. The lowest BCUT2D eigenvalue weighted by Gasteiger charge is -2.18. The molecule has 0 saturated carbocycles. The van der Waals surface area contributed by atoms with Crippen LogP contribution in [0.25, 0.3) is 0 Å². The number of aryl methyl sites for hydroxylation is 1. The highest BCUT2D eigenvalue weighted by atomic mass is 19.3. The van der Waals surface area contributed by atoms with Gasteiger partial charge in [-0.1, -0.05) is 0 Å². The average molecular weight is 366 g/mol. The molecule has 3 rings (SSSR count). The van der Waals surface area contributed by atoms with Crippen LogP contribution >= 0.6 is 0 Å². The fourth-order valence-electron chi connectivity index (χ4n) is 2.21. The van der Waals surface area contributed by atoms with E-state index in [4.69, 9.17) is 10.5 Å². The van der Waals surface area contributed by atoms with Gasteiger partial charge in [-0.25, -0.2) is 18.2 Å². The van der Waals surface area contributed by atoms with Crippen molar-refractivity contribution in [1.82, 2.24) is 20.9 Å². The van der Waals surface area contributed by atoms with Crippen LogP contribution in [0.15, 0.2) is 36.3 Å². The van der Waals surface area contributed by atoms with Crippen molar-refractivity contribution in [3.8, 4) is 6.01 Å². The van der Waals surface area contributed by atoms with Gasteiger partial charge in [0.25, 0.3) is 5.92 Å². The number of nitrogens with one attached hydrogen (secondary N) is 2. The molecule has 2 heterocycles. The van der Waals surface area contributed by atoms with Crippen molar-refractivity contribution in [2.45, 2.75) is 19.8 Å². The largest absolute Gasteiger partial charge is 0.457 e. The Morgan fingerprint density at radius 2 is 2.12 bits per heavy atom. The molecule has 4 N–H and O–H groups in total. The molecule has 0 bridgehead atoms. The zero-order chi connectivity index (χ0) is 18.9. The predicted molar refractivity (Wildman–Crippen MR) is 89.5 cm³/mol. The third-order valence-corrected chi connectivity index (χ3v) is 3.67. The van der Waals surface area contributed by atoms with Gasteiger partial charge in [-0.3, -0.25) is 5.01 Å². The Labute approximate surface area is 147 Å². The van der Waals surface area contributed by atoms with Gasteiger partial charge in [0.1, 0.15) is 18.2 Å². The monoisotopic (exact) mass is 366 g/mol. The molecule has 0 unspecified atom stereocenters. The van der Waals surface area contributed by atoms with Gasteiger partial charge in [0.15, 0.2) is 0 Å². The van der Waals surface area contributed by atoms with Crippen molar-refractivity contribution in [1.29, 1.82) is 0 Å². The van der Waals surface area contributed by atoms with E-state index in [-0.39, 0.29) is 12.6 Å². The van der Waals surface area contributed by atoms with Gasteiger partial charge < -0.3 is 15.9 Å². The van der Waals surface area contributed by atoms with Gasteiger partial charge in [-0.2, -0.15) is 4.98 Å². The number of benzene rings is 1. The molecule has 0 radical (unpaired) electrons. The van der Waals surface area contributed by atoms with E-state index in [0.29, 0.717) is 24.1 Å². The summed E-state index contributed by atoms with van der Waals surface area (Å²) in [6.07, 6.45) is 3.13. The number of aromatic nitrogens is 2. The Morgan fingerprint density at radius 3 is 2.81 bits per heavy atom. The molecular formula is C16H17F3N6O. The second-order valence-electron chi connectivity index (χ2n) is 5.82. The summed E-state index contributed by atoms with van der Waals surface area (Å²) in [5.74, 6) is -3.93. The van der Waals surface area contributed by atoms with Gasteiger partial charge in [-0.05, 0) is 25.1 Å². The molecule has 0 spiro atoms. The van der Waals surface area contributed by atoms with Crippen LogP contribution in [0.1, 0.15) is 18.1 Å². The number of nitrogens with two attached hydrogens (primary N) is 1. The van der Waals surface area contributed by atoms with Crippen molar-refractivity contribution in [3.05, 3.63) is 53.2 Å². The zero-order valence-electron chi connectivity index (χ0n) is 14.1. The second-order valence-corrected chi connectivity index (χ2v) is 5.82. The van der Waals surface area contributed by atoms with Gasteiger partial charge in [0.2, 0.25) is 0 Å². The van der Waals surface area contributed by atoms with Crippen molar-refractivity contribution in [3.63, 3.8) is 0 Å². The van der Waals surface area contributed by atoms with Crippen molar-refractivity contribution >= 4 is 11.5 Å². The Bertz CT molecular complexity index is 852. The fraction of sp³-hybridized carbons (Fsp3) is 0.250. The highest BCUT2D eigenvalue weighted by molar-refractivity contribution is 5.52. The molecule has 10 heteroatoms. The molecule has 1 aromatic carbocycles. The van der Waals surface area contributed by atoms with Crippen LogP contribution in [0.4, 0.5) is 24.7 Å². The summed E-state index contributed by atoms with van der Waals surface area (Å²) in [7, 11) is 0. The van der Waals surface area contributed by atoms with Gasteiger partial charge in [-0.15, -0.1) is 5.53 Å². The summed E-state index contributed by atoms with van der Waals surface area (Å²) in [4.78, 5) is 7.99. The minimum Gasteiger partial charge on any atom is -0.457 e. The van der Waals surface area contributed by atoms with Crippen LogP contribution in [-0.2, 0) is 5.92 Å². The average Bonchev–Trinajstić information content (AvgIpc) is 3.04. The maximum Gasteiger partial charge on any atom is 0.318 e. The maximum absolute atomic E-state index is 13.6. The Balaban J connectivity index is 1.70. The maximum atomic E-state index is 13.6. The van der Waals surface area contributed by atoms with Crippen molar-refractivity contribution < 1.29 is 17.9 Å². The summed E-state index contributed by atoms with van der Waals surface area (Å²) in [5.41, 5.74) is 12.2. The number of anilines is 2. The number of hydrogen-bond acceptors (Lipinski definition) is 7. The van der Waals surface area contributed by atoms with E-state index in [9.17, 15) is 13.2 Å². The minimum absolute atomic E-state index is 0.0873. The molecule has 26 heavy (non-hydrogen) atoms. The number of nitrogen functional groups attached to an aromatic ring is 1. The van der Waals surface area contributed by atoms with Crippen molar-refractivity contribution in [2.75, 3.05) is 17.3 Å². The van der Waals surface area contributed by atoms with E-state index >= 15 is 0 Å². The van der Waals surface area contributed by atoms with E-state index in [1.54, 1.807) is 19.3 Å². The number of alkyl halides is 2. The van der Waals surface area contributed by atoms with Crippen LogP contribution < -0.4 is 26.4 Å². The summed E-state index contributed by atoms with van der Waals surface area (Å²) >= 11 is 0. The quantitative estimate of drug-likeness (QED) is 0.749. The predicted octanol–water partition coefficient (Wildman–Crippen LogP) is 2.37. The SMILES string of the molecule is Cc1cnc(OCC2=CN(c3ccc(F)c(C(C)(F)F)c3)NN2)nc1N. The Hall–Kier alpha value is -3.01. The van der Waals surface area contributed by atoms with Crippen LogP contribution in [0.5, 0.6) is 6.01 Å². The number of hydrazine groups is 2. The molecule has 1 aliphatic rings. The summed E-state index contributed by atoms with van der Waals surface area (Å²) in [6.45, 7) is 2.51. The van der Waals surface area contributed by atoms with Crippen LogP contribution in [0, 0.1) is 12.7 Å². The zero-order valence-corrected chi connectivity index (χ0v) is 14.1. The summed E-state index contributed by atoms with van der Waals surface area (Å²) < 4.78 is 46.0. The lowest BCUT2D eigenvalue weighted by atomic mass is 10.1.